The highest BCUT2D eigenvalue weighted by Gasteiger charge is 2.04. The Bertz CT molecular complexity index is 760. The zero-order chi connectivity index (χ0) is 18.2. The molecular formula is C19H24BrIN4O. The first-order valence-corrected chi connectivity index (χ1v) is 8.92. The van der Waals surface area contributed by atoms with Gasteiger partial charge in [-0.2, -0.15) is 0 Å². The average molecular weight is 531 g/mol. The molecule has 0 aliphatic heterocycles. The van der Waals surface area contributed by atoms with Crippen LogP contribution in [-0.2, 0) is 0 Å². The largest absolute Gasteiger partial charge is 0.370 e. The number of carbonyl (C=O) groups is 1. The predicted molar refractivity (Wildman–Crippen MR) is 123 cm³/mol. The van der Waals surface area contributed by atoms with E-state index in [1.165, 1.54) is 11.1 Å². The maximum atomic E-state index is 12.0. The molecule has 7 heteroatoms. The first-order valence-electron chi connectivity index (χ1n) is 8.13. The Labute approximate surface area is 180 Å². The molecule has 0 atom stereocenters. The molecule has 140 valence electrons. The smallest absolute Gasteiger partial charge is 0.251 e. The van der Waals surface area contributed by atoms with Gasteiger partial charge in [0.25, 0.3) is 5.91 Å². The Morgan fingerprint density at radius 1 is 1.15 bits per heavy atom. The SMILES string of the molecule is Cc1cc(C)cc(NC(N)=NCCCNC(=O)c2cccc(Br)c2)c1.I. The second kappa shape index (κ2) is 11.2. The summed E-state index contributed by atoms with van der Waals surface area (Å²) in [5.74, 6) is 0.287. The fourth-order valence-electron chi connectivity index (χ4n) is 2.45. The monoisotopic (exact) mass is 530 g/mol. The lowest BCUT2D eigenvalue weighted by Crippen LogP contribution is -2.26. The van der Waals surface area contributed by atoms with E-state index in [4.69, 9.17) is 5.73 Å². The number of carbonyl (C=O) groups excluding carboxylic acids is 1. The van der Waals surface area contributed by atoms with Crippen LogP contribution in [0.3, 0.4) is 0 Å². The molecule has 0 saturated heterocycles. The van der Waals surface area contributed by atoms with Gasteiger partial charge in [0.1, 0.15) is 0 Å². The summed E-state index contributed by atoms with van der Waals surface area (Å²) in [4.78, 5) is 16.3. The average Bonchev–Trinajstić information content (AvgIpc) is 2.53. The highest BCUT2D eigenvalue weighted by atomic mass is 127. The van der Waals surface area contributed by atoms with Crippen LogP contribution in [0.1, 0.15) is 27.9 Å². The van der Waals surface area contributed by atoms with E-state index in [2.05, 4.69) is 37.6 Å². The Balaban J connectivity index is 0.00000338. The lowest BCUT2D eigenvalue weighted by atomic mass is 10.1. The van der Waals surface area contributed by atoms with Crippen molar-refractivity contribution >= 4 is 57.5 Å². The number of nitrogens with zero attached hydrogens (tertiary/aromatic N) is 1. The van der Waals surface area contributed by atoms with Crippen molar-refractivity contribution in [1.29, 1.82) is 0 Å². The second-order valence-corrected chi connectivity index (χ2v) is 6.80. The molecule has 0 bridgehead atoms. The topological polar surface area (TPSA) is 79.5 Å². The highest BCUT2D eigenvalue weighted by Crippen LogP contribution is 2.13. The maximum Gasteiger partial charge on any atom is 0.251 e. The molecule has 2 aromatic carbocycles. The van der Waals surface area contributed by atoms with E-state index in [9.17, 15) is 4.79 Å². The number of nitrogens with one attached hydrogen (secondary N) is 2. The van der Waals surface area contributed by atoms with Gasteiger partial charge in [-0.25, -0.2) is 0 Å². The lowest BCUT2D eigenvalue weighted by molar-refractivity contribution is 0.0953. The molecule has 0 spiro atoms. The van der Waals surface area contributed by atoms with Gasteiger partial charge in [-0.05, 0) is 61.7 Å². The summed E-state index contributed by atoms with van der Waals surface area (Å²) in [6.45, 7) is 5.17. The number of amides is 1. The number of guanidine groups is 1. The van der Waals surface area contributed by atoms with Crippen LogP contribution in [0.15, 0.2) is 51.9 Å². The second-order valence-electron chi connectivity index (χ2n) is 5.89. The van der Waals surface area contributed by atoms with Gasteiger partial charge in [0.05, 0.1) is 0 Å². The molecule has 0 fully saturated rings. The summed E-state index contributed by atoms with van der Waals surface area (Å²) in [7, 11) is 0. The Morgan fingerprint density at radius 3 is 2.50 bits per heavy atom. The van der Waals surface area contributed by atoms with Crippen molar-refractivity contribution in [2.45, 2.75) is 20.3 Å². The maximum absolute atomic E-state index is 12.0. The molecule has 0 unspecified atom stereocenters. The number of hydrogen-bond donors (Lipinski definition) is 3. The number of benzene rings is 2. The van der Waals surface area contributed by atoms with Crippen molar-refractivity contribution in [3.05, 3.63) is 63.6 Å². The molecule has 5 nitrogen and oxygen atoms in total. The predicted octanol–water partition coefficient (Wildman–Crippen LogP) is 4.23. The fourth-order valence-corrected chi connectivity index (χ4v) is 2.85. The van der Waals surface area contributed by atoms with Gasteiger partial charge in [-0.3, -0.25) is 9.79 Å². The summed E-state index contributed by atoms with van der Waals surface area (Å²) in [6.07, 6.45) is 0.717. The van der Waals surface area contributed by atoms with Crippen LogP contribution >= 0.6 is 39.9 Å². The quantitative estimate of drug-likeness (QED) is 0.226. The number of aryl methyl sites for hydroxylation is 2. The molecule has 0 saturated carbocycles. The molecule has 2 rings (SSSR count). The minimum atomic E-state index is -0.0911. The molecule has 26 heavy (non-hydrogen) atoms. The molecular weight excluding hydrogens is 507 g/mol. The third-order valence-electron chi connectivity index (χ3n) is 3.48. The molecule has 0 aliphatic rings. The van der Waals surface area contributed by atoms with Crippen LogP contribution in [0.5, 0.6) is 0 Å². The van der Waals surface area contributed by atoms with Crippen LogP contribution in [-0.4, -0.2) is 25.0 Å². The van der Waals surface area contributed by atoms with E-state index in [0.29, 0.717) is 24.6 Å². The van der Waals surface area contributed by atoms with E-state index < -0.39 is 0 Å². The Kier molecular flexibility index (Phi) is 9.64. The van der Waals surface area contributed by atoms with Gasteiger partial charge in [-0.15, -0.1) is 24.0 Å². The summed E-state index contributed by atoms with van der Waals surface area (Å²) in [5.41, 5.74) is 9.81. The molecule has 0 aliphatic carbocycles. The summed E-state index contributed by atoms with van der Waals surface area (Å²) in [6, 6.07) is 13.4. The van der Waals surface area contributed by atoms with E-state index in [1.54, 1.807) is 12.1 Å². The first kappa shape index (κ1) is 22.4. The van der Waals surface area contributed by atoms with Crippen LogP contribution in [0.4, 0.5) is 5.69 Å². The summed E-state index contributed by atoms with van der Waals surface area (Å²) < 4.78 is 0.884. The Hall–Kier alpha value is -1.61. The molecule has 0 heterocycles. The van der Waals surface area contributed by atoms with Crippen LogP contribution < -0.4 is 16.4 Å². The van der Waals surface area contributed by atoms with Crippen molar-refractivity contribution in [1.82, 2.24) is 5.32 Å². The molecule has 1 amide bonds. The number of rotatable bonds is 6. The van der Waals surface area contributed by atoms with Crippen molar-refractivity contribution in [2.24, 2.45) is 10.7 Å². The van der Waals surface area contributed by atoms with Crippen LogP contribution in [0.25, 0.3) is 0 Å². The van der Waals surface area contributed by atoms with Gasteiger partial charge in [0.2, 0.25) is 0 Å². The van der Waals surface area contributed by atoms with Gasteiger partial charge in [0.15, 0.2) is 5.96 Å². The number of hydrogen-bond acceptors (Lipinski definition) is 2. The van der Waals surface area contributed by atoms with Gasteiger partial charge >= 0.3 is 0 Å². The van der Waals surface area contributed by atoms with Crippen molar-refractivity contribution in [3.8, 4) is 0 Å². The van der Waals surface area contributed by atoms with Crippen molar-refractivity contribution < 1.29 is 4.79 Å². The van der Waals surface area contributed by atoms with Gasteiger partial charge in [0, 0.05) is 28.8 Å². The number of anilines is 1. The van der Waals surface area contributed by atoms with E-state index in [0.717, 1.165) is 16.6 Å². The van der Waals surface area contributed by atoms with Crippen LogP contribution in [0, 0.1) is 13.8 Å². The number of nitrogens with two attached hydrogens (primary N) is 1. The van der Waals surface area contributed by atoms with Crippen molar-refractivity contribution in [3.63, 3.8) is 0 Å². The normalized spacial score (nSPS) is 10.8. The molecule has 4 N–H and O–H groups in total. The zero-order valence-corrected chi connectivity index (χ0v) is 18.8. The number of halogens is 2. The summed E-state index contributed by atoms with van der Waals surface area (Å²) >= 11 is 3.36. The zero-order valence-electron chi connectivity index (χ0n) is 14.9. The number of aliphatic imine (C=N–C) groups is 1. The van der Waals surface area contributed by atoms with Crippen molar-refractivity contribution in [2.75, 3.05) is 18.4 Å². The summed E-state index contributed by atoms with van der Waals surface area (Å²) in [5, 5.41) is 5.96. The van der Waals surface area contributed by atoms with Crippen LogP contribution in [0.2, 0.25) is 0 Å². The minimum absolute atomic E-state index is 0. The van der Waals surface area contributed by atoms with E-state index in [1.807, 2.05) is 38.1 Å². The standard InChI is InChI=1S/C19H23BrN4O.HI/c1-13-9-14(2)11-17(10-13)24-19(21)23-8-4-7-22-18(25)15-5-3-6-16(20)12-15;/h3,5-6,9-12H,4,7-8H2,1-2H3,(H,22,25)(H3,21,23,24);1H. The minimum Gasteiger partial charge on any atom is -0.370 e. The molecule has 0 radical (unpaired) electrons. The third-order valence-corrected chi connectivity index (χ3v) is 3.98. The van der Waals surface area contributed by atoms with E-state index >= 15 is 0 Å². The third kappa shape index (κ3) is 7.74. The lowest BCUT2D eigenvalue weighted by Gasteiger charge is -2.08. The molecule has 2 aromatic rings. The molecule has 0 aromatic heterocycles. The first-order chi connectivity index (χ1) is 11.9. The highest BCUT2D eigenvalue weighted by molar-refractivity contribution is 14.0. The van der Waals surface area contributed by atoms with Gasteiger partial charge in [-0.1, -0.05) is 28.1 Å². The van der Waals surface area contributed by atoms with E-state index in [-0.39, 0.29) is 29.9 Å². The van der Waals surface area contributed by atoms with Gasteiger partial charge < -0.3 is 16.4 Å². The fraction of sp³-hybridized carbons (Fsp3) is 0.263. The Morgan fingerprint density at radius 2 is 1.85 bits per heavy atom.